The van der Waals surface area contributed by atoms with Crippen LogP contribution in [-0.2, 0) is 11.3 Å². The Balaban J connectivity index is 1.45. The van der Waals surface area contributed by atoms with Gasteiger partial charge in [0, 0.05) is 19.2 Å². The second-order valence-corrected chi connectivity index (χ2v) is 7.19. The van der Waals surface area contributed by atoms with E-state index in [1.165, 1.54) is 0 Å². The zero-order valence-corrected chi connectivity index (χ0v) is 14.4. The number of hydrogen-bond acceptors (Lipinski definition) is 5. The summed E-state index contributed by atoms with van der Waals surface area (Å²) in [5.41, 5.74) is 3.08. The molecule has 2 aliphatic rings. The van der Waals surface area contributed by atoms with Gasteiger partial charge in [-0.15, -0.1) is 0 Å². The Bertz CT molecular complexity index is 693. The summed E-state index contributed by atoms with van der Waals surface area (Å²) in [5, 5.41) is 3.45. The number of ether oxygens (including phenoxy) is 1. The van der Waals surface area contributed by atoms with Crippen LogP contribution in [0.1, 0.15) is 31.4 Å². The molecule has 2 fully saturated rings. The van der Waals surface area contributed by atoms with Crippen LogP contribution in [0, 0.1) is 0 Å². The zero-order valence-electron chi connectivity index (χ0n) is 14.4. The molecule has 0 amide bonds. The van der Waals surface area contributed by atoms with Crippen LogP contribution < -0.4 is 5.32 Å². The standard InChI is InChI=1S/C19H26N4O/c1-23(14-15-13-21-17-4-2-3-5-18(17)22-15)16-6-11-24-19(12-16)7-9-20-10-8-19/h2-5,13,16,20H,6-12,14H2,1H3. The summed E-state index contributed by atoms with van der Waals surface area (Å²) < 4.78 is 6.20. The van der Waals surface area contributed by atoms with E-state index in [1.54, 1.807) is 0 Å². The molecule has 1 atom stereocenters. The van der Waals surface area contributed by atoms with Gasteiger partial charge in [0.25, 0.3) is 0 Å². The van der Waals surface area contributed by atoms with E-state index in [0.717, 1.165) is 68.7 Å². The smallest absolute Gasteiger partial charge is 0.0890 e. The Morgan fingerprint density at radius 3 is 2.88 bits per heavy atom. The third-order valence-electron chi connectivity index (χ3n) is 5.51. The normalized spacial score (nSPS) is 23.8. The second kappa shape index (κ2) is 6.75. The number of para-hydroxylation sites is 2. The molecule has 2 saturated heterocycles. The average Bonchev–Trinajstić information content (AvgIpc) is 2.62. The van der Waals surface area contributed by atoms with Crippen LogP contribution in [0.15, 0.2) is 30.5 Å². The van der Waals surface area contributed by atoms with Gasteiger partial charge in [-0.2, -0.15) is 0 Å². The van der Waals surface area contributed by atoms with E-state index in [4.69, 9.17) is 9.72 Å². The fourth-order valence-corrected chi connectivity index (χ4v) is 4.07. The lowest BCUT2D eigenvalue weighted by atomic mass is 9.82. The minimum Gasteiger partial charge on any atom is -0.375 e. The molecular formula is C19H26N4O. The maximum atomic E-state index is 6.20. The van der Waals surface area contributed by atoms with Crippen LogP contribution >= 0.6 is 0 Å². The molecule has 3 heterocycles. The number of hydrogen-bond donors (Lipinski definition) is 1. The molecule has 1 unspecified atom stereocenters. The van der Waals surface area contributed by atoms with Gasteiger partial charge < -0.3 is 10.1 Å². The molecule has 0 bridgehead atoms. The third-order valence-corrected chi connectivity index (χ3v) is 5.51. The minimum absolute atomic E-state index is 0.0947. The summed E-state index contributed by atoms with van der Waals surface area (Å²) in [7, 11) is 2.21. The number of aromatic nitrogens is 2. The molecule has 1 spiro atoms. The number of rotatable bonds is 3. The van der Waals surface area contributed by atoms with Crippen LogP contribution in [0.2, 0.25) is 0 Å². The SMILES string of the molecule is CN(Cc1cnc2ccccc2n1)C1CCOC2(CCNCC2)C1. The highest BCUT2D eigenvalue weighted by molar-refractivity contribution is 5.73. The second-order valence-electron chi connectivity index (χ2n) is 7.19. The third kappa shape index (κ3) is 3.29. The molecule has 1 aromatic carbocycles. The molecule has 5 heteroatoms. The summed E-state index contributed by atoms with van der Waals surface area (Å²) in [6, 6.07) is 8.62. The van der Waals surface area contributed by atoms with Gasteiger partial charge in [-0.1, -0.05) is 12.1 Å². The molecule has 0 aliphatic carbocycles. The molecule has 5 nitrogen and oxygen atoms in total. The largest absolute Gasteiger partial charge is 0.375 e. The predicted molar refractivity (Wildman–Crippen MR) is 94.8 cm³/mol. The van der Waals surface area contributed by atoms with Gasteiger partial charge in [-0.05, 0) is 58.0 Å². The Morgan fingerprint density at radius 2 is 2.04 bits per heavy atom. The first kappa shape index (κ1) is 15.9. The van der Waals surface area contributed by atoms with E-state index in [0.29, 0.717) is 6.04 Å². The fourth-order valence-electron chi connectivity index (χ4n) is 4.07. The Hall–Kier alpha value is -1.56. The highest BCUT2D eigenvalue weighted by atomic mass is 16.5. The van der Waals surface area contributed by atoms with E-state index in [2.05, 4.69) is 22.2 Å². The van der Waals surface area contributed by atoms with Gasteiger partial charge in [-0.3, -0.25) is 9.88 Å². The van der Waals surface area contributed by atoms with E-state index >= 15 is 0 Å². The quantitative estimate of drug-likeness (QED) is 0.938. The van der Waals surface area contributed by atoms with E-state index in [1.807, 2.05) is 30.5 Å². The average molecular weight is 326 g/mol. The van der Waals surface area contributed by atoms with Crippen LogP contribution in [0.5, 0.6) is 0 Å². The number of nitrogens with one attached hydrogen (secondary N) is 1. The summed E-state index contributed by atoms with van der Waals surface area (Å²) in [6.07, 6.45) is 6.41. The summed E-state index contributed by atoms with van der Waals surface area (Å²) in [4.78, 5) is 11.7. The van der Waals surface area contributed by atoms with Crippen molar-refractivity contribution >= 4 is 11.0 Å². The van der Waals surface area contributed by atoms with Crippen molar-refractivity contribution in [3.8, 4) is 0 Å². The molecule has 1 aromatic heterocycles. The number of piperidine rings is 1. The Labute approximate surface area is 143 Å². The lowest BCUT2D eigenvalue weighted by Crippen LogP contribution is -2.52. The maximum Gasteiger partial charge on any atom is 0.0890 e. The van der Waals surface area contributed by atoms with Crippen molar-refractivity contribution in [2.75, 3.05) is 26.7 Å². The lowest BCUT2D eigenvalue weighted by molar-refractivity contribution is -0.119. The zero-order chi connectivity index (χ0) is 16.4. The first-order valence-corrected chi connectivity index (χ1v) is 9.00. The first-order valence-electron chi connectivity index (χ1n) is 9.00. The van der Waals surface area contributed by atoms with Crippen molar-refractivity contribution in [3.05, 3.63) is 36.2 Å². The van der Waals surface area contributed by atoms with Crippen LogP contribution in [0.25, 0.3) is 11.0 Å². The summed E-state index contributed by atoms with van der Waals surface area (Å²) >= 11 is 0. The molecule has 128 valence electrons. The van der Waals surface area contributed by atoms with Gasteiger partial charge >= 0.3 is 0 Å². The maximum absolute atomic E-state index is 6.20. The first-order chi connectivity index (χ1) is 11.7. The van der Waals surface area contributed by atoms with Gasteiger partial charge in [0.1, 0.15) is 0 Å². The molecule has 2 aliphatic heterocycles. The Morgan fingerprint density at radius 1 is 1.25 bits per heavy atom. The van der Waals surface area contributed by atoms with Crippen LogP contribution in [0.4, 0.5) is 0 Å². The minimum atomic E-state index is 0.0947. The van der Waals surface area contributed by atoms with E-state index in [9.17, 15) is 0 Å². The number of fused-ring (bicyclic) bond motifs is 1. The van der Waals surface area contributed by atoms with Gasteiger partial charge in [0.05, 0.1) is 28.5 Å². The molecule has 0 radical (unpaired) electrons. The van der Waals surface area contributed by atoms with Crippen molar-refractivity contribution in [3.63, 3.8) is 0 Å². The van der Waals surface area contributed by atoms with Gasteiger partial charge in [0.2, 0.25) is 0 Å². The predicted octanol–water partition coefficient (Wildman–Crippen LogP) is 2.36. The van der Waals surface area contributed by atoms with Crippen LogP contribution in [0.3, 0.4) is 0 Å². The van der Waals surface area contributed by atoms with Gasteiger partial charge in [0.15, 0.2) is 0 Å². The van der Waals surface area contributed by atoms with Crippen molar-refractivity contribution < 1.29 is 4.74 Å². The summed E-state index contributed by atoms with van der Waals surface area (Å²) in [6.45, 7) is 3.87. The number of nitrogens with zero attached hydrogens (tertiary/aromatic N) is 3. The Kier molecular flexibility index (Phi) is 4.48. The van der Waals surface area contributed by atoms with Crippen molar-refractivity contribution in [2.45, 2.75) is 43.9 Å². The van der Waals surface area contributed by atoms with E-state index in [-0.39, 0.29) is 5.60 Å². The highest BCUT2D eigenvalue weighted by Gasteiger charge is 2.39. The lowest BCUT2D eigenvalue weighted by Gasteiger charge is -2.46. The molecule has 24 heavy (non-hydrogen) atoms. The molecular weight excluding hydrogens is 300 g/mol. The van der Waals surface area contributed by atoms with Crippen molar-refractivity contribution in [1.82, 2.24) is 20.2 Å². The molecule has 4 rings (SSSR count). The summed E-state index contributed by atoms with van der Waals surface area (Å²) in [5.74, 6) is 0. The van der Waals surface area contributed by atoms with E-state index < -0.39 is 0 Å². The fraction of sp³-hybridized carbons (Fsp3) is 0.579. The van der Waals surface area contributed by atoms with Crippen molar-refractivity contribution in [1.29, 1.82) is 0 Å². The highest BCUT2D eigenvalue weighted by Crippen LogP contribution is 2.35. The number of benzene rings is 1. The van der Waals surface area contributed by atoms with Crippen molar-refractivity contribution in [2.24, 2.45) is 0 Å². The van der Waals surface area contributed by atoms with Crippen LogP contribution in [-0.4, -0.2) is 53.3 Å². The molecule has 0 saturated carbocycles. The monoisotopic (exact) mass is 326 g/mol. The topological polar surface area (TPSA) is 50.3 Å². The van der Waals surface area contributed by atoms with Gasteiger partial charge in [-0.25, -0.2) is 4.98 Å². The molecule has 1 N–H and O–H groups in total. The molecule has 2 aromatic rings.